The van der Waals surface area contributed by atoms with Crippen molar-refractivity contribution in [2.24, 2.45) is 5.73 Å². The van der Waals surface area contributed by atoms with Crippen LogP contribution in [0.5, 0.6) is 0 Å². The van der Waals surface area contributed by atoms with Gasteiger partial charge in [0.1, 0.15) is 30.0 Å². The van der Waals surface area contributed by atoms with Gasteiger partial charge in [0, 0.05) is 24.1 Å². The zero-order valence-electron chi connectivity index (χ0n) is 29.4. The lowest BCUT2D eigenvalue weighted by molar-refractivity contribution is -0.140. The number of benzene rings is 1. The predicted molar refractivity (Wildman–Crippen MR) is 191 cm³/mol. The van der Waals surface area contributed by atoms with E-state index in [0.717, 1.165) is 10.9 Å². The number of imidazole rings is 1. The van der Waals surface area contributed by atoms with Crippen LogP contribution in [-0.4, -0.2) is 115 Å². The molecule has 3 amide bonds. The molecule has 1 aromatic carbocycles. The number of nitrogens with one attached hydrogen (secondary N) is 2. The SMILES string of the molecule is NC(=O)c1ncn([C@@H]2O[C@H](COP(=O)(O)O)[C@@H](O)[C@H]2O)c1CCC(=O)N(Cc1ccc2nc(N)[nH]c(=O)c2n1)c1ccc(C(=O)N[C@@H](CCC(=O)O)C(=O)O)cc1. The molecule has 24 nitrogen and oxygen atoms in total. The lowest BCUT2D eigenvalue weighted by atomic mass is 10.1. The number of phosphoric ester groups is 1. The van der Waals surface area contributed by atoms with Gasteiger partial charge in [-0.3, -0.25) is 33.5 Å². The van der Waals surface area contributed by atoms with E-state index in [4.69, 9.17) is 31.1 Å². The molecule has 4 heterocycles. The number of H-pyrrole nitrogens is 1. The summed E-state index contributed by atoms with van der Waals surface area (Å²) in [5.74, 6) is -5.36. The summed E-state index contributed by atoms with van der Waals surface area (Å²) < 4.78 is 22.4. The highest BCUT2D eigenvalue weighted by molar-refractivity contribution is 7.46. The van der Waals surface area contributed by atoms with Crippen molar-refractivity contribution < 1.29 is 68.0 Å². The Morgan fingerprint density at radius 3 is 2.37 bits per heavy atom. The number of hydrogen-bond donors (Lipinski definition) is 10. The van der Waals surface area contributed by atoms with Crippen molar-refractivity contribution in [3.8, 4) is 0 Å². The van der Waals surface area contributed by atoms with Crippen molar-refractivity contribution in [2.45, 2.75) is 62.8 Å². The van der Waals surface area contributed by atoms with Crippen molar-refractivity contribution >= 4 is 60.2 Å². The highest BCUT2D eigenvalue weighted by Crippen LogP contribution is 2.39. The number of primary amides is 1. The minimum Gasteiger partial charge on any atom is -0.481 e. The van der Waals surface area contributed by atoms with Crippen LogP contribution in [0.4, 0.5) is 11.6 Å². The van der Waals surface area contributed by atoms with Crippen LogP contribution in [0.25, 0.3) is 11.0 Å². The van der Waals surface area contributed by atoms with Crippen molar-refractivity contribution in [3.63, 3.8) is 0 Å². The van der Waals surface area contributed by atoms with Crippen molar-refractivity contribution in [1.29, 1.82) is 0 Å². The van der Waals surface area contributed by atoms with Gasteiger partial charge in [0.25, 0.3) is 17.4 Å². The Balaban J connectivity index is 1.43. The van der Waals surface area contributed by atoms with E-state index < -0.39 is 93.1 Å². The number of aromatic nitrogens is 5. The molecule has 4 aromatic rings. The Morgan fingerprint density at radius 1 is 1.04 bits per heavy atom. The van der Waals surface area contributed by atoms with E-state index in [1.165, 1.54) is 41.3 Å². The third-order valence-corrected chi connectivity index (χ3v) is 9.15. The molecule has 12 N–H and O–H groups in total. The van der Waals surface area contributed by atoms with Gasteiger partial charge in [0.05, 0.1) is 36.4 Å². The van der Waals surface area contributed by atoms with Gasteiger partial charge in [0.2, 0.25) is 11.9 Å². The zero-order chi connectivity index (χ0) is 41.8. The molecular formula is C32H36N9O15P. The highest BCUT2D eigenvalue weighted by atomic mass is 31.2. The number of aliphatic hydroxyl groups is 2. The fourth-order valence-electron chi connectivity index (χ4n) is 5.90. The minimum atomic E-state index is -4.98. The number of pyridine rings is 1. The summed E-state index contributed by atoms with van der Waals surface area (Å²) in [7, 11) is -4.98. The monoisotopic (exact) mass is 817 g/mol. The molecule has 0 aliphatic carbocycles. The summed E-state index contributed by atoms with van der Waals surface area (Å²) in [6.07, 6.45) is -6.86. The second-order valence-electron chi connectivity index (χ2n) is 12.6. The molecule has 1 aliphatic rings. The fraction of sp³-hybridized carbons (Fsp3) is 0.344. The molecule has 0 unspecified atom stereocenters. The normalized spacial score (nSPS) is 18.6. The second kappa shape index (κ2) is 17.3. The fourth-order valence-corrected chi connectivity index (χ4v) is 6.24. The first kappa shape index (κ1) is 42.0. The van der Waals surface area contributed by atoms with Crippen LogP contribution in [0.2, 0.25) is 0 Å². The number of rotatable bonds is 17. The number of nitrogen functional groups attached to an aromatic ring is 1. The Kier molecular flexibility index (Phi) is 12.8. The number of aromatic amines is 1. The maximum Gasteiger partial charge on any atom is 0.469 e. The quantitative estimate of drug-likeness (QED) is 0.0522. The molecule has 1 fully saturated rings. The number of nitrogens with zero attached hydrogens (tertiary/aromatic N) is 5. The predicted octanol–water partition coefficient (Wildman–Crippen LogP) is -1.86. The first-order chi connectivity index (χ1) is 26.8. The lowest BCUT2D eigenvalue weighted by Gasteiger charge is -2.24. The number of carboxylic acid groups (broad SMARTS) is 2. The molecular weight excluding hydrogens is 781 g/mol. The van der Waals surface area contributed by atoms with Gasteiger partial charge >= 0.3 is 19.8 Å². The summed E-state index contributed by atoms with van der Waals surface area (Å²) in [4.78, 5) is 109. The molecule has 3 aromatic heterocycles. The average molecular weight is 818 g/mol. The molecule has 0 saturated carbocycles. The van der Waals surface area contributed by atoms with E-state index >= 15 is 0 Å². The Hall–Kier alpha value is -6.14. The maximum atomic E-state index is 14.1. The number of amides is 3. The van der Waals surface area contributed by atoms with E-state index in [2.05, 4.69) is 29.8 Å². The molecule has 57 heavy (non-hydrogen) atoms. The molecule has 1 aliphatic heterocycles. The largest absolute Gasteiger partial charge is 0.481 e. The Morgan fingerprint density at radius 2 is 1.74 bits per heavy atom. The summed E-state index contributed by atoms with van der Waals surface area (Å²) in [5.41, 5.74) is 10.6. The van der Waals surface area contributed by atoms with Gasteiger partial charge < -0.3 is 61.2 Å². The minimum absolute atomic E-state index is 0.0227. The summed E-state index contributed by atoms with van der Waals surface area (Å²) in [6, 6.07) is 6.72. The third kappa shape index (κ3) is 10.2. The summed E-state index contributed by atoms with van der Waals surface area (Å²) in [6.45, 7) is -1.09. The first-order valence-corrected chi connectivity index (χ1v) is 18.2. The number of ether oxygens (including phenoxy) is 1. The number of carboxylic acids is 2. The van der Waals surface area contributed by atoms with Crippen LogP contribution in [0.1, 0.15) is 57.7 Å². The standard InChI is InChI=1S/C32H36N9O15P/c33-27(47)24-19(41(13-35-24)30-26(46)25(45)20(56-30)12-55-57(52,53)54)8-9-21(42)40(11-15-3-6-17-23(36-15)29(49)39-32(34)38-17)16-4-1-14(2-5-16)28(48)37-18(31(50)51)7-10-22(43)44/h1-6,13,18,20,25-26,30,45-46H,7-12H2,(H2,33,47)(H,37,48)(H,43,44)(H,50,51)(H2,52,53,54)(H3,34,38,39,49)/t18-,20+,25+,26+,30+/m0/s1. The molecule has 1 saturated heterocycles. The number of fused-ring (bicyclic) bond motifs is 1. The van der Waals surface area contributed by atoms with Crippen molar-refractivity contribution in [1.82, 2.24) is 29.8 Å². The van der Waals surface area contributed by atoms with Crippen LogP contribution in [0, 0.1) is 0 Å². The van der Waals surface area contributed by atoms with Crippen LogP contribution in [0.3, 0.4) is 0 Å². The summed E-state index contributed by atoms with van der Waals surface area (Å²) >= 11 is 0. The van der Waals surface area contributed by atoms with Crippen molar-refractivity contribution in [3.05, 3.63) is 75.7 Å². The number of aliphatic hydroxyl groups excluding tert-OH is 2. The van der Waals surface area contributed by atoms with Crippen molar-refractivity contribution in [2.75, 3.05) is 17.2 Å². The van der Waals surface area contributed by atoms with Crippen LogP contribution < -0.4 is 27.2 Å². The van der Waals surface area contributed by atoms with E-state index in [-0.39, 0.29) is 64.7 Å². The average Bonchev–Trinajstić information content (AvgIpc) is 3.69. The van der Waals surface area contributed by atoms with Gasteiger partial charge in [-0.25, -0.2) is 24.3 Å². The van der Waals surface area contributed by atoms with Crippen LogP contribution >= 0.6 is 7.82 Å². The number of anilines is 2. The molecule has 5 atom stereocenters. The van der Waals surface area contributed by atoms with E-state index in [1.54, 1.807) is 0 Å². The number of phosphoric acid groups is 1. The molecule has 304 valence electrons. The molecule has 5 rings (SSSR count). The van der Waals surface area contributed by atoms with E-state index in [0.29, 0.717) is 0 Å². The number of nitrogens with two attached hydrogens (primary N) is 2. The van der Waals surface area contributed by atoms with Gasteiger partial charge in [-0.1, -0.05) is 0 Å². The number of carbonyl (C=O) groups is 5. The first-order valence-electron chi connectivity index (χ1n) is 16.7. The number of aliphatic carboxylic acids is 2. The zero-order valence-corrected chi connectivity index (χ0v) is 30.3. The second-order valence-corrected chi connectivity index (χ2v) is 13.8. The van der Waals surface area contributed by atoms with Crippen LogP contribution in [0.15, 0.2) is 47.5 Å². The van der Waals surface area contributed by atoms with E-state index in [9.17, 15) is 48.7 Å². The molecule has 0 spiro atoms. The lowest BCUT2D eigenvalue weighted by Crippen LogP contribution is -2.41. The van der Waals surface area contributed by atoms with Gasteiger partial charge in [-0.05, 0) is 49.2 Å². The highest BCUT2D eigenvalue weighted by Gasteiger charge is 2.45. The molecule has 0 radical (unpaired) electrons. The van der Waals surface area contributed by atoms with Gasteiger partial charge in [0.15, 0.2) is 11.7 Å². The summed E-state index contributed by atoms with van der Waals surface area (Å²) in [5, 5.41) is 41.9. The van der Waals surface area contributed by atoms with Gasteiger partial charge in [-0.15, -0.1) is 0 Å². The van der Waals surface area contributed by atoms with Crippen LogP contribution in [-0.2, 0) is 41.2 Å². The molecule has 25 heteroatoms. The van der Waals surface area contributed by atoms with E-state index in [1.807, 2.05) is 0 Å². The topological polar surface area (TPSA) is 386 Å². The number of hydrogen-bond acceptors (Lipinski definition) is 15. The number of carbonyl (C=O) groups excluding carboxylic acids is 3. The Bertz CT molecular complexity index is 2290. The van der Waals surface area contributed by atoms with Gasteiger partial charge in [-0.2, -0.15) is 0 Å². The third-order valence-electron chi connectivity index (χ3n) is 8.67. The maximum absolute atomic E-state index is 14.1. The molecule has 0 bridgehead atoms. The smallest absolute Gasteiger partial charge is 0.469 e. The Labute approximate surface area is 319 Å².